The zero-order chi connectivity index (χ0) is 23.3. The van der Waals surface area contributed by atoms with Gasteiger partial charge in [0.1, 0.15) is 6.54 Å². The number of carboxylic acid groups (broad SMARTS) is 1. The van der Waals surface area contributed by atoms with E-state index in [-0.39, 0.29) is 6.04 Å². The Hall–Kier alpha value is -2.58. The Kier molecular flexibility index (Phi) is 5.61. The molecule has 9 nitrogen and oxygen atoms in total. The lowest BCUT2D eigenvalue weighted by atomic mass is 9.73. The lowest BCUT2D eigenvalue weighted by Gasteiger charge is -2.42. The summed E-state index contributed by atoms with van der Waals surface area (Å²) in [5, 5.41) is 22.5. The van der Waals surface area contributed by atoms with Gasteiger partial charge < -0.3 is 15.5 Å². The number of nitrogens with zero attached hydrogens (tertiary/aromatic N) is 2. The molecule has 3 bridgehead atoms. The van der Waals surface area contributed by atoms with Gasteiger partial charge in [0.05, 0.1) is 5.54 Å². The first-order chi connectivity index (χ1) is 15.8. The van der Waals surface area contributed by atoms with Crippen molar-refractivity contribution in [3.63, 3.8) is 0 Å². The molecule has 4 atom stereocenters. The smallest absolute Gasteiger partial charge is 0.334 e. The van der Waals surface area contributed by atoms with Crippen molar-refractivity contribution in [1.82, 2.24) is 14.5 Å². The van der Waals surface area contributed by atoms with E-state index in [0.717, 1.165) is 64.2 Å². The van der Waals surface area contributed by atoms with Gasteiger partial charge >= 0.3 is 11.7 Å². The van der Waals surface area contributed by atoms with Gasteiger partial charge in [0.2, 0.25) is 5.88 Å². The van der Waals surface area contributed by atoms with Gasteiger partial charge in [-0.2, -0.15) is 0 Å². The molecule has 0 aromatic carbocycles. The Morgan fingerprint density at radius 1 is 1.00 bits per heavy atom. The normalized spacial score (nSPS) is 31.3. The molecule has 4 fully saturated rings. The van der Waals surface area contributed by atoms with Crippen LogP contribution in [0.25, 0.3) is 0 Å². The van der Waals surface area contributed by atoms with E-state index in [1.807, 2.05) is 0 Å². The number of amides is 1. The highest BCUT2D eigenvalue weighted by molar-refractivity contribution is 5.97. The van der Waals surface area contributed by atoms with Gasteiger partial charge in [-0.05, 0) is 62.7 Å². The number of carbonyl (C=O) groups excluding carboxylic acids is 1. The lowest BCUT2D eigenvalue weighted by Crippen LogP contribution is -2.53. The maximum atomic E-state index is 13.9. The summed E-state index contributed by atoms with van der Waals surface area (Å²) in [7, 11) is 0. The Labute approximate surface area is 191 Å². The summed E-state index contributed by atoms with van der Waals surface area (Å²) >= 11 is 0. The van der Waals surface area contributed by atoms with E-state index in [1.165, 1.54) is 9.13 Å². The van der Waals surface area contributed by atoms with E-state index in [4.69, 9.17) is 5.11 Å². The number of aromatic nitrogens is 2. The fourth-order valence-corrected chi connectivity index (χ4v) is 7.55. The van der Waals surface area contributed by atoms with Crippen molar-refractivity contribution >= 4 is 11.9 Å². The quantitative estimate of drug-likeness (QED) is 0.620. The molecular weight excluding hydrogens is 426 g/mol. The van der Waals surface area contributed by atoms with Crippen molar-refractivity contribution in [1.29, 1.82) is 0 Å². The molecule has 4 aliphatic rings. The molecule has 4 aliphatic carbocycles. The fraction of sp³-hybridized carbons (Fsp3) is 0.750. The second-order valence-electron chi connectivity index (χ2n) is 10.7. The van der Waals surface area contributed by atoms with E-state index in [0.29, 0.717) is 30.6 Å². The third-order valence-electron chi connectivity index (χ3n) is 8.77. The lowest BCUT2D eigenvalue weighted by molar-refractivity contribution is -0.135. The average molecular weight is 460 g/mol. The summed E-state index contributed by atoms with van der Waals surface area (Å²) in [4.78, 5) is 51.3. The molecule has 3 N–H and O–H groups in total. The predicted molar refractivity (Wildman–Crippen MR) is 119 cm³/mol. The van der Waals surface area contributed by atoms with Crippen LogP contribution in [0.3, 0.4) is 0 Å². The minimum Gasteiger partial charge on any atom is -0.494 e. The molecule has 0 radical (unpaired) electrons. The van der Waals surface area contributed by atoms with Crippen molar-refractivity contribution in [2.75, 3.05) is 6.54 Å². The van der Waals surface area contributed by atoms with Crippen LogP contribution in [0.15, 0.2) is 9.59 Å². The molecule has 0 aliphatic heterocycles. The Morgan fingerprint density at radius 2 is 1.73 bits per heavy atom. The largest absolute Gasteiger partial charge is 0.494 e. The highest BCUT2D eigenvalue weighted by atomic mass is 16.4. The number of rotatable bonds is 5. The van der Waals surface area contributed by atoms with Gasteiger partial charge in [-0.15, -0.1) is 0 Å². The summed E-state index contributed by atoms with van der Waals surface area (Å²) < 4.78 is 2.58. The standard InChI is InChI=1S/C24H33N3O6/c28-18(29)13-25-20(30)19-21(31)26(17-6-2-1-3-7-17)23(33)27(22(19)32)24-8-4-5-15-9-14(11-24)10-16(15)12-24/h14-17,32H,1-13H2,(H,25,30)(H,28,29)/t14-,15-,16?,24-/m0/s1. The molecule has 0 saturated heterocycles. The number of aromatic hydroxyl groups is 1. The zero-order valence-electron chi connectivity index (χ0n) is 18.9. The van der Waals surface area contributed by atoms with Crippen LogP contribution in [0.1, 0.15) is 93.4 Å². The molecule has 180 valence electrons. The zero-order valence-corrected chi connectivity index (χ0v) is 18.9. The number of aliphatic carboxylic acids is 1. The molecule has 9 heteroatoms. The van der Waals surface area contributed by atoms with Crippen LogP contribution < -0.4 is 16.6 Å². The van der Waals surface area contributed by atoms with Crippen LogP contribution in [0.4, 0.5) is 0 Å². The summed E-state index contributed by atoms with van der Waals surface area (Å²) in [6.07, 6.45) is 10.8. The molecule has 1 heterocycles. The minimum absolute atomic E-state index is 0.313. The molecule has 33 heavy (non-hydrogen) atoms. The monoisotopic (exact) mass is 459 g/mol. The van der Waals surface area contributed by atoms with Gasteiger partial charge in [0, 0.05) is 6.04 Å². The number of carboxylic acids is 1. The summed E-state index contributed by atoms with van der Waals surface area (Å²) in [6.45, 7) is -0.669. The molecule has 1 aromatic heterocycles. The number of hydrogen-bond donors (Lipinski definition) is 3. The Morgan fingerprint density at radius 3 is 2.45 bits per heavy atom. The minimum atomic E-state index is -1.25. The average Bonchev–Trinajstić information content (AvgIpc) is 2.99. The van der Waals surface area contributed by atoms with Crippen molar-refractivity contribution in [3.05, 3.63) is 26.4 Å². The van der Waals surface area contributed by atoms with Gasteiger partial charge in [-0.25, -0.2) is 4.79 Å². The van der Waals surface area contributed by atoms with Gasteiger partial charge in [0.25, 0.3) is 11.5 Å². The molecule has 0 spiro atoms. The fourth-order valence-electron chi connectivity index (χ4n) is 7.55. The molecule has 1 unspecified atom stereocenters. The van der Waals surface area contributed by atoms with Gasteiger partial charge in [-0.1, -0.05) is 32.1 Å². The van der Waals surface area contributed by atoms with Crippen LogP contribution in [0.5, 0.6) is 5.88 Å². The molecule has 1 aromatic rings. The second-order valence-corrected chi connectivity index (χ2v) is 10.7. The summed E-state index contributed by atoms with van der Waals surface area (Å²) in [6, 6.07) is -0.313. The number of hydrogen-bond acceptors (Lipinski definition) is 5. The van der Waals surface area contributed by atoms with Gasteiger partial charge in [0.15, 0.2) is 5.56 Å². The maximum Gasteiger partial charge on any atom is 0.334 e. The van der Waals surface area contributed by atoms with Crippen molar-refractivity contribution in [2.45, 2.75) is 88.6 Å². The second kappa shape index (κ2) is 8.33. The Balaban J connectivity index is 1.69. The predicted octanol–water partition coefficient (Wildman–Crippen LogP) is 2.35. The Bertz CT molecular complexity index is 1080. The van der Waals surface area contributed by atoms with Crippen LogP contribution in [0.2, 0.25) is 0 Å². The van der Waals surface area contributed by atoms with Crippen molar-refractivity contribution in [3.8, 4) is 5.88 Å². The third kappa shape index (κ3) is 3.69. The first-order valence-electron chi connectivity index (χ1n) is 12.4. The SMILES string of the molecule is O=C(O)CNC(=O)c1c(O)n([C@]23CCC[C@H]4C[C@@H](CC4C2)C3)c(=O)n(C2CCCCC2)c1=O. The topological polar surface area (TPSA) is 131 Å². The highest BCUT2D eigenvalue weighted by Gasteiger charge is 2.52. The number of carbonyl (C=O) groups is 2. The summed E-state index contributed by atoms with van der Waals surface area (Å²) in [5.74, 6) is -1.16. The van der Waals surface area contributed by atoms with Gasteiger partial charge in [-0.3, -0.25) is 23.5 Å². The van der Waals surface area contributed by atoms with Crippen molar-refractivity contribution < 1.29 is 19.8 Å². The number of nitrogens with one attached hydrogen (secondary N) is 1. The highest BCUT2D eigenvalue weighted by Crippen LogP contribution is 2.58. The molecule has 1 amide bonds. The van der Waals surface area contributed by atoms with Crippen molar-refractivity contribution in [2.24, 2.45) is 17.8 Å². The van der Waals surface area contributed by atoms with Crippen LogP contribution in [-0.4, -0.2) is 37.8 Å². The van der Waals surface area contributed by atoms with Crippen LogP contribution in [0, 0.1) is 17.8 Å². The van der Waals surface area contributed by atoms with E-state index in [9.17, 15) is 24.3 Å². The molecular formula is C24H33N3O6. The van der Waals surface area contributed by atoms with E-state index in [2.05, 4.69) is 5.32 Å². The van der Waals surface area contributed by atoms with E-state index >= 15 is 0 Å². The number of fused-ring (bicyclic) bond motifs is 2. The third-order valence-corrected chi connectivity index (χ3v) is 8.77. The van der Waals surface area contributed by atoms with E-state index in [1.54, 1.807) is 0 Å². The maximum absolute atomic E-state index is 13.9. The first-order valence-corrected chi connectivity index (χ1v) is 12.4. The first kappa shape index (κ1) is 22.2. The van der Waals surface area contributed by atoms with Crippen LogP contribution in [-0.2, 0) is 10.3 Å². The summed E-state index contributed by atoms with van der Waals surface area (Å²) in [5.41, 5.74) is -2.44. The van der Waals surface area contributed by atoms with E-state index < -0.39 is 46.7 Å². The van der Waals surface area contributed by atoms with Crippen LogP contribution >= 0.6 is 0 Å². The molecule has 5 rings (SSSR count). The molecule has 4 saturated carbocycles.